The number of nitrogens with one attached hydrogen (secondary N) is 1. The average Bonchev–Trinajstić information content (AvgIpc) is 3.55. The number of carbonyl (C=O) groups is 2. The predicted octanol–water partition coefficient (Wildman–Crippen LogP) is 5.32. The summed E-state index contributed by atoms with van der Waals surface area (Å²) < 4.78 is 0.544. The average molecular weight is 584 g/mol. The Morgan fingerprint density at radius 1 is 1.34 bits per heavy atom. The van der Waals surface area contributed by atoms with Crippen molar-refractivity contribution in [3.05, 3.63) is 68.5 Å². The van der Waals surface area contributed by atoms with Gasteiger partial charge < -0.3 is 11.1 Å². The molecule has 13 heteroatoms. The largest absolute Gasteiger partial charge is 0.384 e. The first-order valence-corrected chi connectivity index (χ1v) is 14.6. The summed E-state index contributed by atoms with van der Waals surface area (Å²) in [4.78, 5) is 32.5. The van der Waals surface area contributed by atoms with Gasteiger partial charge in [0, 0.05) is 28.8 Å². The molecule has 3 aromatic rings. The minimum Gasteiger partial charge on any atom is -0.384 e. The number of rotatable bonds is 6. The maximum Gasteiger partial charge on any atom is 0.234 e. The fourth-order valence-corrected chi connectivity index (χ4v) is 7.30. The van der Waals surface area contributed by atoms with Gasteiger partial charge in [0.25, 0.3) is 0 Å². The predicted molar refractivity (Wildman–Crippen MR) is 150 cm³/mol. The van der Waals surface area contributed by atoms with Gasteiger partial charge in [-0.15, -0.1) is 21.5 Å². The van der Waals surface area contributed by atoms with Crippen molar-refractivity contribution in [1.29, 1.82) is 5.26 Å². The molecule has 9 nitrogen and oxygen atoms in total. The zero-order valence-corrected chi connectivity index (χ0v) is 23.6. The SMILES string of the molecule is CC1(C)CC(=O)C2=C(C1)N(c1nnc(SCC(=O)Nc3cccnc3Cl)s1)C(N)=C(C#N)C2c1cccs1. The molecular weight excluding hydrogens is 562 g/mol. The van der Waals surface area contributed by atoms with Crippen molar-refractivity contribution >= 4 is 68.5 Å². The lowest BCUT2D eigenvalue weighted by molar-refractivity contribution is -0.118. The first-order chi connectivity index (χ1) is 18.2. The molecule has 0 saturated carbocycles. The number of thiophene rings is 1. The number of nitrogens with two attached hydrogens (primary N) is 1. The lowest BCUT2D eigenvalue weighted by atomic mass is 9.70. The molecule has 0 spiro atoms. The van der Waals surface area contributed by atoms with E-state index in [0.29, 0.717) is 39.1 Å². The van der Waals surface area contributed by atoms with Crippen molar-refractivity contribution in [1.82, 2.24) is 15.2 Å². The molecule has 1 unspecified atom stereocenters. The van der Waals surface area contributed by atoms with E-state index >= 15 is 0 Å². The zero-order chi connectivity index (χ0) is 27.0. The molecule has 2 aliphatic rings. The van der Waals surface area contributed by atoms with Gasteiger partial charge in [-0.1, -0.05) is 54.6 Å². The van der Waals surface area contributed by atoms with Gasteiger partial charge in [0.05, 0.1) is 29.0 Å². The number of allylic oxidation sites excluding steroid dienone is 3. The molecule has 5 rings (SSSR count). The van der Waals surface area contributed by atoms with E-state index in [2.05, 4.69) is 26.6 Å². The smallest absolute Gasteiger partial charge is 0.234 e. The zero-order valence-electron chi connectivity index (χ0n) is 20.4. The first kappa shape index (κ1) is 26.4. The monoisotopic (exact) mass is 583 g/mol. The number of thioether (sulfide) groups is 1. The second-order valence-electron chi connectivity index (χ2n) is 9.53. The minimum absolute atomic E-state index is 0.00440. The van der Waals surface area contributed by atoms with Crippen LogP contribution in [0, 0.1) is 16.7 Å². The number of anilines is 2. The molecule has 38 heavy (non-hydrogen) atoms. The number of ketones is 1. The van der Waals surface area contributed by atoms with Crippen LogP contribution in [0.15, 0.2) is 62.8 Å². The molecule has 0 fully saturated rings. The highest BCUT2D eigenvalue weighted by Gasteiger charge is 2.45. The second-order valence-corrected chi connectivity index (χ2v) is 13.0. The number of amides is 1. The van der Waals surface area contributed by atoms with E-state index in [1.54, 1.807) is 23.2 Å². The van der Waals surface area contributed by atoms with Gasteiger partial charge >= 0.3 is 0 Å². The van der Waals surface area contributed by atoms with Crippen LogP contribution in [-0.2, 0) is 9.59 Å². The maximum absolute atomic E-state index is 13.5. The van der Waals surface area contributed by atoms with Gasteiger partial charge in [-0.25, -0.2) is 4.98 Å². The van der Waals surface area contributed by atoms with Crippen molar-refractivity contribution in [3.8, 4) is 6.07 Å². The second kappa shape index (κ2) is 10.5. The number of nitriles is 1. The number of carbonyl (C=O) groups excluding carboxylic acids is 2. The Balaban J connectivity index is 1.45. The van der Waals surface area contributed by atoms with Gasteiger partial charge in [-0.3, -0.25) is 14.5 Å². The van der Waals surface area contributed by atoms with Crippen LogP contribution in [0.2, 0.25) is 5.15 Å². The van der Waals surface area contributed by atoms with E-state index in [-0.39, 0.29) is 33.8 Å². The summed E-state index contributed by atoms with van der Waals surface area (Å²) in [5.41, 5.74) is 8.43. The molecular formula is C25H22ClN7O2S3. The summed E-state index contributed by atoms with van der Waals surface area (Å²) in [6.45, 7) is 4.09. The quantitative estimate of drug-likeness (QED) is 0.291. The summed E-state index contributed by atoms with van der Waals surface area (Å²) in [6.07, 6.45) is 2.51. The van der Waals surface area contributed by atoms with Crippen molar-refractivity contribution < 1.29 is 9.59 Å². The van der Waals surface area contributed by atoms with Gasteiger partial charge in [0.1, 0.15) is 5.82 Å². The standard InChI is InChI=1S/C25H22ClN7O2S3/c1-25(2)9-15-20(16(34)10-25)19(17-6-4-8-36-17)13(11-27)22(28)33(15)23-31-32-24(38-23)37-12-18(35)30-14-5-3-7-29-21(14)26/h3-8,19H,9-10,12,28H2,1-2H3,(H,30,35). The van der Waals surface area contributed by atoms with Crippen molar-refractivity contribution in [2.45, 2.75) is 36.9 Å². The highest BCUT2D eigenvalue weighted by molar-refractivity contribution is 8.01. The summed E-state index contributed by atoms with van der Waals surface area (Å²) in [7, 11) is 0. The summed E-state index contributed by atoms with van der Waals surface area (Å²) in [5.74, 6) is -0.445. The molecule has 194 valence electrons. The van der Waals surface area contributed by atoms with Crippen LogP contribution in [0.5, 0.6) is 0 Å². The topological polar surface area (TPSA) is 138 Å². The van der Waals surface area contributed by atoms with Crippen LogP contribution in [0.4, 0.5) is 10.8 Å². The summed E-state index contributed by atoms with van der Waals surface area (Å²) in [5, 5.41) is 24.0. The molecule has 0 radical (unpaired) electrons. The van der Waals surface area contributed by atoms with E-state index in [1.165, 1.54) is 34.4 Å². The van der Waals surface area contributed by atoms with Gasteiger partial charge in [-0.05, 0) is 35.4 Å². The molecule has 4 heterocycles. The Bertz CT molecular complexity index is 1520. The number of hydrogen-bond donors (Lipinski definition) is 2. The Kier molecular flexibility index (Phi) is 7.28. The van der Waals surface area contributed by atoms with Gasteiger partial charge in [-0.2, -0.15) is 5.26 Å². The van der Waals surface area contributed by atoms with E-state index in [9.17, 15) is 14.9 Å². The Morgan fingerprint density at radius 2 is 2.16 bits per heavy atom. The molecule has 1 amide bonds. The molecule has 3 aromatic heterocycles. The van der Waals surface area contributed by atoms with Crippen molar-refractivity contribution in [3.63, 3.8) is 0 Å². The summed E-state index contributed by atoms with van der Waals surface area (Å²) >= 11 is 9.97. The Morgan fingerprint density at radius 3 is 2.87 bits per heavy atom. The fourth-order valence-electron chi connectivity index (χ4n) is 4.61. The van der Waals surface area contributed by atoms with Crippen LogP contribution < -0.4 is 16.0 Å². The third-order valence-corrected chi connectivity index (χ3v) is 9.44. The van der Waals surface area contributed by atoms with Crippen molar-refractivity contribution in [2.75, 3.05) is 16.0 Å². The van der Waals surface area contributed by atoms with E-state index < -0.39 is 5.92 Å². The number of hydrogen-bond acceptors (Lipinski definition) is 11. The third-order valence-electron chi connectivity index (χ3n) is 6.16. The Hall–Kier alpha value is -3.24. The van der Waals surface area contributed by atoms with E-state index in [4.69, 9.17) is 17.3 Å². The first-order valence-electron chi connectivity index (χ1n) is 11.5. The summed E-state index contributed by atoms with van der Waals surface area (Å²) in [6, 6.07) is 9.44. The van der Waals surface area contributed by atoms with Crippen LogP contribution in [0.3, 0.4) is 0 Å². The normalized spacial score (nSPS) is 18.8. The molecule has 0 aromatic carbocycles. The van der Waals surface area contributed by atoms with Crippen molar-refractivity contribution in [2.24, 2.45) is 11.1 Å². The van der Waals surface area contributed by atoms with Crippen LogP contribution in [0.25, 0.3) is 0 Å². The van der Waals surface area contributed by atoms with Crippen LogP contribution in [-0.4, -0.2) is 32.6 Å². The lowest BCUT2D eigenvalue weighted by Crippen LogP contribution is -2.42. The Labute approximate surface area is 236 Å². The number of halogens is 1. The van der Waals surface area contributed by atoms with E-state index in [0.717, 1.165) is 10.6 Å². The number of pyridine rings is 1. The molecule has 0 saturated heterocycles. The number of Topliss-reactive ketones (excluding diaryl/α,β-unsaturated/α-hetero) is 1. The van der Waals surface area contributed by atoms with Crippen LogP contribution >= 0.6 is 46.0 Å². The molecule has 3 N–H and O–H groups in total. The molecule has 1 atom stereocenters. The van der Waals surface area contributed by atoms with Crippen LogP contribution in [0.1, 0.15) is 37.5 Å². The molecule has 0 bridgehead atoms. The molecule has 1 aliphatic heterocycles. The van der Waals surface area contributed by atoms with Gasteiger partial charge in [0.2, 0.25) is 11.0 Å². The van der Waals surface area contributed by atoms with E-state index in [1.807, 2.05) is 31.4 Å². The fraction of sp³-hybridized carbons (Fsp3) is 0.280. The highest BCUT2D eigenvalue weighted by Crippen LogP contribution is 2.51. The van der Waals surface area contributed by atoms with Gasteiger partial charge in [0.15, 0.2) is 15.3 Å². The lowest BCUT2D eigenvalue weighted by Gasteiger charge is -2.42. The molecule has 1 aliphatic carbocycles. The highest BCUT2D eigenvalue weighted by atomic mass is 35.5. The maximum atomic E-state index is 13.5. The number of aromatic nitrogens is 3. The number of nitrogens with zero attached hydrogens (tertiary/aromatic N) is 5. The third kappa shape index (κ3) is 5.07. The minimum atomic E-state index is -0.500.